The SMILES string of the molecule is CC(C)c1cccc(C(C)C)c1NC=C1C(=O)OC(C)(C)OC1=O. The molecular weight excluding hydrogens is 306 g/mol. The molecule has 5 heteroatoms. The molecule has 2 rings (SSSR count). The van der Waals surface area contributed by atoms with E-state index in [2.05, 4.69) is 33.0 Å². The zero-order valence-electron chi connectivity index (χ0n) is 15.1. The third-order valence-corrected chi connectivity index (χ3v) is 3.85. The van der Waals surface area contributed by atoms with Crippen LogP contribution < -0.4 is 5.32 Å². The van der Waals surface area contributed by atoms with Crippen molar-refractivity contribution < 1.29 is 19.1 Å². The van der Waals surface area contributed by atoms with Crippen molar-refractivity contribution in [2.45, 2.75) is 59.2 Å². The van der Waals surface area contributed by atoms with E-state index < -0.39 is 17.7 Å². The summed E-state index contributed by atoms with van der Waals surface area (Å²) in [4.78, 5) is 24.1. The number of cyclic esters (lactones) is 2. The van der Waals surface area contributed by atoms with Gasteiger partial charge in [-0.1, -0.05) is 45.9 Å². The molecule has 130 valence electrons. The number of nitrogens with one attached hydrogen (secondary N) is 1. The zero-order valence-corrected chi connectivity index (χ0v) is 15.1. The molecule has 1 aromatic carbocycles. The Hall–Kier alpha value is -2.30. The fourth-order valence-corrected chi connectivity index (χ4v) is 2.64. The summed E-state index contributed by atoms with van der Waals surface area (Å²) in [6.07, 6.45) is 1.38. The topological polar surface area (TPSA) is 64.6 Å². The highest BCUT2D eigenvalue weighted by atomic mass is 16.7. The lowest BCUT2D eigenvalue weighted by molar-refractivity contribution is -0.222. The average Bonchev–Trinajstić information content (AvgIpc) is 2.44. The second-order valence-corrected chi connectivity index (χ2v) is 7.00. The molecule has 1 saturated heterocycles. The molecule has 5 nitrogen and oxygen atoms in total. The van der Waals surface area contributed by atoms with Gasteiger partial charge in [-0.3, -0.25) is 0 Å². The number of esters is 2. The number of anilines is 1. The summed E-state index contributed by atoms with van der Waals surface area (Å²) in [6.45, 7) is 11.5. The summed E-state index contributed by atoms with van der Waals surface area (Å²) in [5, 5.41) is 3.14. The lowest BCUT2D eigenvalue weighted by atomic mass is 9.92. The third-order valence-electron chi connectivity index (χ3n) is 3.85. The van der Waals surface area contributed by atoms with Crippen molar-refractivity contribution in [1.29, 1.82) is 0 Å². The van der Waals surface area contributed by atoms with Crippen LogP contribution in [0.4, 0.5) is 5.69 Å². The molecule has 0 atom stereocenters. The summed E-state index contributed by atoms with van der Waals surface area (Å²) in [5.41, 5.74) is 3.02. The van der Waals surface area contributed by atoms with Gasteiger partial charge in [0.25, 0.3) is 5.79 Å². The Bertz CT molecular complexity index is 638. The van der Waals surface area contributed by atoms with E-state index in [4.69, 9.17) is 9.47 Å². The van der Waals surface area contributed by atoms with Gasteiger partial charge in [0.05, 0.1) is 0 Å². The molecule has 0 aliphatic carbocycles. The van der Waals surface area contributed by atoms with Crippen LogP contribution in [-0.4, -0.2) is 17.7 Å². The van der Waals surface area contributed by atoms with Crippen LogP contribution in [0, 0.1) is 0 Å². The van der Waals surface area contributed by atoms with Gasteiger partial charge in [0.15, 0.2) is 5.57 Å². The minimum Gasteiger partial charge on any atom is -0.419 e. The Kier molecular flexibility index (Phi) is 5.02. The summed E-state index contributed by atoms with van der Waals surface area (Å²) < 4.78 is 10.2. The van der Waals surface area contributed by atoms with Crippen LogP contribution in [0.3, 0.4) is 0 Å². The number of rotatable bonds is 4. The van der Waals surface area contributed by atoms with E-state index in [0.717, 1.165) is 16.8 Å². The Balaban J connectivity index is 2.38. The first-order chi connectivity index (χ1) is 11.1. The molecule has 0 unspecified atom stereocenters. The highest BCUT2D eigenvalue weighted by Crippen LogP contribution is 2.33. The van der Waals surface area contributed by atoms with E-state index in [9.17, 15) is 9.59 Å². The van der Waals surface area contributed by atoms with Gasteiger partial charge < -0.3 is 14.8 Å². The first-order valence-electron chi connectivity index (χ1n) is 8.18. The van der Waals surface area contributed by atoms with E-state index in [1.807, 2.05) is 18.2 Å². The minimum absolute atomic E-state index is 0.136. The maximum atomic E-state index is 12.0. The van der Waals surface area contributed by atoms with E-state index in [-0.39, 0.29) is 5.57 Å². The highest BCUT2D eigenvalue weighted by molar-refractivity contribution is 6.15. The number of carbonyl (C=O) groups is 2. The number of hydrogen-bond acceptors (Lipinski definition) is 5. The van der Waals surface area contributed by atoms with Gasteiger partial charge in [0.1, 0.15) is 0 Å². The smallest absolute Gasteiger partial charge is 0.350 e. The Labute approximate surface area is 143 Å². The van der Waals surface area contributed by atoms with E-state index in [1.54, 1.807) is 0 Å². The largest absolute Gasteiger partial charge is 0.419 e. The minimum atomic E-state index is -1.23. The second kappa shape index (κ2) is 6.67. The van der Waals surface area contributed by atoms with Crippen LogP contribution in [0.1, 0.15) is 64.5 Å². The van der Waals surface area contributed by atoms with Crippen LogP contribution in [0.5, 0.6) is 0 Å². The van der Waals surface area contributed by atoms with Gasteiger partial charge in [-0.25, -0.2) is 9.59 Å². The van der Waals surface area contributed by atoms with E-state index in [0.29, 0.717) is 11.8 Å². The Morgan fingerprint density at radius 1 is 0.958 bits per heavy atom. The van der Waals surface area contributed by atoms with Crippen LogP contribution in [0.2, 0.25) is 0 Å². The van der Waals surface area contributed by atoms with Gasteiger partial charge in [-0.05, 0) is 23.0 Å². The van der Waals surface area contributed by atoms with Crippen molar-refractivity contribution in [2.24, 2.45) is 0 Å². The third kappa shape index (κ3) is 3.78. The first-order valence-corrected chi connectivity index (χ1v) is 8.18. The molecule has 0 spiro atoms. The number of ether oxygens (including phenoxy) is 2. The predicted octanol–water partition coefficient (Wildman–Crippen LogP) is 4.07. The molecule has 1 fully saturated rings. The molecular formula is C19H25NO4. The lowest BCUT2D eigenvalue weighted by Gasteiger charge is -2.30. The molecule has 0 aromatic heterocycles. The number of hydrogen-bond donors (Lipinski definition) is 1. The molecule has 0 bridgehead atoms. The molecule has 0 amide bonds. The van der Waals surface area contributed by atoms with Crippen molar-refractivity contribution in [2.75, 3.05) is 5.32 Å². The molecule has 1 heterocycles. The summed E-state index contributed by atoms with van der Waals surface area (Å²) in [6, 6.07) is 6.10. The quantitative estimate of drug-likeness (QED) is 0.512. The molecule has 1 aliphatic rings. The Morgan fingerprint density at radius 2 is 1.42 bits per heavy atom. The predicted molar refractivity (Wildman–Crippen MR) is 92.6 cm³/mol. The van der Waals surface area contributed by atoms with Crippen molar-refractivity contribution in [1.82, 2.24) is 0 Å². The van der Waals surface area contributed by atoms with E-state index in [1.165, 1.54) is 20.0 Å². The van der Waals surface area contributed by atoms with Crippen LogP contribution >= 0.6 is 0 Å². The number of para-hydroxylation sites is 1. The normalized spacial score (nSPS) is 16.9. The summed E-state index contributed by atoms with van der Waals surface area (Å²) in [5.74, 6) is -2.00. The average molecular weight is 331 g/mol. The monoisotopic (exact) mass is 331 g/mol. The number of carbonyl (C=O) groups excluding carboxylic acids is 2. The van der Waals surface area contributed by atoms with Gasteiger partial charge in [0.2, 0.25) is 0 Å². The molecule has 0 saturated carbocycles. The van der Waals surface area contributed by atoms with Crippen LogP contribution in [0.15, 0.2) is 30.0 Å². The fourth-order valence-electron chi connectivity index (χ4n) is 2.64. The maximum Gasteiger partial charge on any atom is 0.350 e. The van der Waals surface area contributed by atoms with Crippen molar-refractivity contribution in [3.8, 4) is 0 Å². The molecule has 1 aliphatic heterocycles. The molecule has 24 heavy (non-hydrogen) atoms. The second-order valence-electron chi connectivity index (χ2n) is 7.00. The summed E-state index contributed by atoms with van der Waals surface area (Å²) in [7, 11) is 0. The standard InChI is InChI=1S/C19H25NO4/c1-11(2)13-8-7-9-14(12(3)4)16(13)20-10-15-17(21)23-19(5,6)24-18(15)22/h7-12,20H,1-6H3. The van der Waals surface area contributed by atoms with Crippen LogP contribution in [0.25, 0.3) is 0 Å². The van der Waals surface area contributed by atoms with Crippen molar-refractivity contribution >= 4 is 17.6 Å². The number of benzene rings is 1. The van der Waals surface area contributed by atoms with Crippen molar-refractivity contribution in [3.63, 3.8) is 0 Å². The molecule has 1 N–H and O–H groups in total. The van der Waals surface area contributed by atoms with E-state index >= 15 is 0 Å². The maximum absolute atomic E-state index is 12.0. The highest BCUT2D eigenvalue weighted by Gasteiger charge is 2.39. The van der Waals surface area contributed by atoms with Gasteiger partial charge in [0, 0.05) is 25.7 Å². The first kappa shape index (κ1) is 18.0. The zero-order chi connectivity index (χ0) is 18.1. The molecule has 1 aromatic rings. The van der Waals surface area contributed by atoms with Crippen molar-refractivity contribution in [3.05, 3.63) is 41.1 Å². The van der Waals surface area contributed by atoms with Gasteiger partial charge in [-0.15, -0.1) is 0 Å². The van der Waals surface area contributed by atoms with Crippen LogP contribution in [-0.2, 0) is 19.1 Å². The summed E-state index contributed by atoms with van der Waals surface area (Å²) >= 11 is 0. The van der Waals surface area contributed by atoms with Gasteiger partial charge in [-0.2, -0.15) is 0 Å². The Morgan fingerprint density at radius 3 is 1.83 bits per heavy atom. The fraction of sp³-hybridized carbons (Fsp3) is 0.474. The van der Waals surface area contributed by atoms with Gasteiger partial charge >= 0.3 is 11.9 Å². The molecule has 0 radical (unpaired) electrons. The lowest BCUT2D eigenvalue weighted by Crippen LogP contribution is -2.42.